The summed E-state index contributed by atoms with van der Waals surface area (Å²) >= 11 is 0.828. The van der Waals surface area contributed by atoms with Gasteiger partial charge in [-0.1, -0.05) is 12.1 Å². The molecule has 0 radical (unpaired) electrons. The van der Waals surface area contributed by atoms with Crippen LogP contribution in [0.25, 0.3) is 6.08 Å². The van der Waals surface area contributed by atoms with E-state index in [9.17, 15) is 19.2 Å². The molecule has 0 bridgehead atoms. The van der Waals surface area contributed by atoms with E-state index in [2.05, 4.69) is 15.6 Å². The molecule has 0 saturated carbocycles. The van der Waals surface area contributed by atoms with Gasteiger partial charge >= 0.3 is 5.97 Å². The molecule has 9 heteroatoms. The van der Waals surface area contributed by atoms with Crippen LogP contribution < -0.4 is 10.6 Å². The zero-order valence-corrected chi connectivity index (χ0v) is 16.4. The monoisotopic (exact) mass is 411 g/mol. The van der Waals surface area contributed by atoms with Crippen molar-refractivity contribution in [1.29, 1.82) is 0 Å². The number of pyridine rings is 1. The Bertz CT molecular complexity index is 998. The first-order valence-electron chi connectivity index (χ1n) is 8.65. The van der Waals surface area contributed by atoms with Gasteiger partial charge in [-0.25, -0.2) is 9.78 Å². The summed E-state index contributed by atoms with van der Waals surface area (Å²) in [5.74, 6) is -1.00. The molecular weight excluding hydrogens is 394 g/mol. The standard InChI is InChI=1S/C20H17N3O5S/c1-11(2)28-19(26)14-7-8-16(21-10-14)22-17(24)13-5-3-12(4-6-13)9-15-18(25)23-20(27)29-15/h3-11H,1-2H3,(H,21,22,24)(H,23,25,27)/b15-9-. The van der Waals surface area contributed by atoms with Crippen LogP contribution in [-0.2, 0) is 9.53 Å². The third-order valence-corrected chi connectivity index (χ3v) is 4.51. The van der Waals surface area contributed by atoms with E-state index in [0.717, 1.165) is 11.8 Å². The quantitative estimate of drug-likeness (QED) is 0.573. The average Bonchev–Trinajstić information content (AvgIpc) is 2.99. The van der Waals surface area contributed by atoms with Gasteiger partial charge in [-0.3, -0.25) is 19.7 Å². The summed E-state index contributed by atoms with van der Waals surface area (Å²) < 4.78 is 5.08. The lowest BCUT2D eigenvalue weighted by Crippen LogP contribution is -2.17. The Morgan fingerprint density at radius 1 is 1.10 bits per heavy atom. The smallest absolute Gasteiger partial charge is 0.339 e. The molecule has 1 saturated heterocycles. The Balaban J connectivity index is 1.64. The molecular formula is C20H17N3O5S. The number of carbonyl (C=O) groups is 4. The minimum Gasteiger partial charge on any atom is -0.459 e. The molecule has 8 nitrogen and oxygen atoms in total. The summed E-state index contributed by atoms with van der Waals surface area (Å²) in [5.41, 5.74) is 1.36. The van der Waals surface area contributed by atoms with Gasteiger partial charge in [0.2, 0.25) is 0 Å². The first-order chi connectivity index (χ1) is 13.8. The van der Waals surface area contributed by atoms with Crippen LogP contribution in [0.1, 0.15) is 40.1 Å². The van der Waals surface area contributed by atoms with E-state index < -0.39 is 17.1 Å². The molecule has 2 N–H and O–H groups in total. The number of nitrogens with zero attached hydrogens (tertiary/aromatic N) is 1. The number of thioether (sulfide) groups is 1. The van der Waals surface area contributed by atoms with Crippen LogP contribution in [0.2, 0.25) is 0 Å². The summed E-state index contributed by atoms with van der Waals surface area (Å²) in [7, 11) is 0. The van der Waals surface area contributed by atoms with Gasteiger partial charge in [-0.05, 0) is 61.5 Å². The van der Waals surface area contributed by atoms with Crippen molar-refractivity contribution in [2.24, 2.45) is 0 Å². The van der Waals surface area contributed by atoms with Crippen LogP contribution in [0.5, 0.6) is 0 Å². The van der Waals surface area contributed by atoms with Crippen LogP contribution in [0.15, 0.2) is 47.5 Å². The van der Waals surface area contributed by atoms with Gasteiger partial charge in [0.1, 0.15) is 5.82 Å². The van der Waals surface area contributed by atoms with Crippen LogP contribution in [-0.4, -0.2) is 34.1 Å². The van der Waals surface area contributed by atoms with Gasteiger partial charge in [0.25, 0.3) is 17.1 Å². The summed E-state index contributed by atoms with van der Waals surface area (Å²) in [5, 5.41) is 4.41. The predicted molar refractivity (Wildman–Crippen MR) is 108 cm³/mol. The van der Waals surface area contributed by atoms with Crippen LogP contribution >= 0.6 is 11.8 Å². The number of hydrogen-bond donors (Lipinski definition) is 2. The minimum absolute atomic E-state index is 0.234. The maximum Gasteiger partial charge on any atom is 0.339 e. The molecule has 0 atom stereocenters. The van der Waals surface area contributed by atoms with E-state index in [1.54, 1.807) is 44.2 Å². The maximum absolute atomic E-state index is 12.4. The lowest BCUT2D eigenvalue weighted by Gasteiger charge is -2.08. The molecule has 0 spiro atoms. The Hall–Kier alpha value is -3.46. The summed E-state index contributed by atoms with van der Waals surface area (Å²) in [6, 6.07) is 9.55. The Morgan fingerprint density at radius 2 is 1.79 bits per heavy atom. The Morgan fingerprint density at radius 3 is 2.34 bits per heavy atom. The molecule has 1 aliphatic heterocycles. The molecule has 1 fully saturated rings. The second-order valence-electron chi connectivity index (χ2n) is 6.31. The fraction of sp³-hybridized carbons (Fsp3) is 0.150. The zero-order valence-electron chi connectivity index (χ0n) is 15.6. The van der Waals surface area contributed by atoms with Gasteiger partial charge in [-0.15, -0.1) is 0 Å². The molecule has 2 heterocycles. The number of anilines is 1. The molecule has 0 aliphatic carbocycles. The van der Waals surface area contributed by atoms with Crippen molar-refractivity contribution in [3.63, 3.8) is 0 Å². The number of rotatable bonds is 5. The fourth-order valence-electron chi connectivity index (χ4n) is 2.36. The van der Waals surface area contributed by atoms with Crippen molar-refractivity contribution in [3.05, 3.63) is 64.2 Å². The van der Waals surface area contributed by atoms with Gasteiger partial charge in [0.15, 0.2) is 0 Å². The molecule has 1 aromatic heterocycles. The van der Waals surface area contributed by atoms with Gasteiger partial charge in [0.05, 0.1) is 16.6 Å². The summed E-state index contributed by atoms with van der Waals surface area (Å²) in [6.07, 6.45) is 2.67. The number of nitrogens with one attached hydrogen (secondary N) is 2. The zero-order chi connectivity index (χ0) is 21.0. The van der Waals surface area contributed by atoms with Crippen molar-refractivity contribution >= 4 is 46.7 Å². The SMILES string of the molecule is CC(C)OC(=O)c1ccc(NC(=O)c2ccc(/C=C3\SC(=O)NC3=O)cc2)nc1. The average molecular weight is 411 g/mol. The number of amides is 3. The van der Waals surface area contributed by atoms with Gasteiger partial charge in [0, 0.05) is 11.8 Å². The van der Waals surface area contributed by atoms with E-state index in [4.69, 9.17) is 4.74 Å². The molecule has 2 aromatic rings. The fourth-order valence-corrected chi connectivity index (χ4v) is 3.04. The number of ether oxygens (including phenoxy) is 1. The topological polar surface area (TPSA) is 114 Å². The second kappa shape index (κ2) is 8.70. The maximum atomic E-state index is 12.4. The first kappa shape index (κ1) is 20.3. The number of benzene rings is 1. The van der Waals surface area contributed by atoms with Crippen LogP contribution in [0.3, 0.4) is 0 Å². The van der Waals surface area contributed by atoms with Crippen LogP contribution in [0, 0.1) is 0 Å². The highest BCUT2D eigenvalue weighted by atomic mass is 32.2. The van der Waals surface area contributed by atoms with E-state index >= 15 is 0 Å². The number of imide groups is 1. The van der Waals surface area contributed by atoms with E-state index in [1.807, 2.05) is 0 Å². The van der Waals surface area contributed by atoms with Gasteiger partial charge in [-0.2, -0.15) is 0 Å². The van der Waals surface area contributed by atoms with E-state index in [-0.39, 0.29) is 12.0 Å². The number of carbonyl (C=O) groups excluding carboxylic acids is 4. The van der Waals surface area contributed by atoms with Crippen molar-refractivity contribution in [3.8, 4) is 0 Å². The molecule has 3 amide bonds. The molecule has 29 heavy (non-hydrogen) atoms. The lowest BCUT2D eigenvalue weighted by molar-refractivity contribution is -0.115. The molecule has 0 unspecified atom stereocenters. The van der Waals surface area contributed by atoms with E-state index in [0.29, 0.717) is 27.4 Å². The van der Waals surface area contributed by atoms with Crippen molar-refractivity contribution in [2.45, 2.75) is 20.0 Å². The highest BCUT2D eigenvalue weighted by molar-refractivity contribution is 8.18. The third-order valence-electron chi connectivity index (χ3n) is 3.70. The largest absolute Gasteiger partial charge is 0.459 e. The highest BCUT2D eigenvalue weighted by Gasteiger charge is 2.24. The highest BCUT2D eigenvalue weighted by Crippen LogP contribution is 2.25. The molecule has 1 aromatic carbocycles. The van der Waals surface area contributed by atoms with Crippen LogP contribution in [0.4, 0.5) is 10.6 Å². The predicted octanol–water partition coefficient (Wildman–Crippen LogP) is 3.22. The van der Waals surface area contributed by atoms with E-state index in [1.165, 1.54) is 18.3 Å². The summed E-state index contributed by atoms with van der Waals surface area (Å²) in [6.45, 7) is 3.50. The van der Waals surface area contributed by atoms with Crippen molar-refractivity contribution in [2.75, 3.05) is 5.32 Å². The Labute approximate surface area is 170 Å². The number of esters is 1. The molecule has 1 aliphatic rings. The lowest BCUT2D eigenvalue weighted by atomic mass is 10.1. The van der Waals surface area contributed by atoms with Crippen molar-refractivity contribution in [1.82, 2.24) is 10.3 Å². The number of hydrogen-bond acceptors (Lipinski definition) is 7. The van der Waals surface area contributed by atoms with Gasteiger partial charge < -0.3 is 10.1 Å². The van der Waals surface area contributed by atoms with Crippen molar-refractivity contribution < 1.29 is 23.9 Å². The molecule has 3 rings (SSSR count). The first-order valence-corrected chi connectivity index (χ1v) is 9.47. The third kappa shape index (κ3) is 5.29. The summed E-state index contributed by atoms with van der Waals surface area (Å²) in [4.78, 5) is 51.3. The molecule has 148 valence electrons. The number of aromatic nitrogens is 1. The normalized spacial score (nSPS) is 14.8. The Kier molecular flexibility index (Phi) is 6.08. The second-order valence-corrected chi connectivity index (χ2v) is 7.33. The minimum atomic E-state index is -0.481.